The predicted octanol–water partition coefficient (Wildman–Crippen LogP) is 3.12. The highest BCUT2D eigenvalue weighted by molar-refractivity contribution is 7.99. The molecule has 8 heteroatoms. The fraction of sp³-hybridized carbons (Fsp3) is 0.167. The van der Waals surface area contributed by atoms with E-state index in [1.807, 2.05) is 42.5 Å². The second-order valence-corrected chi connectivity index (χ2v) is 6.15. The average Bonchev–Trinajstić information content (AvgIpc) is 3.14. The van der Waals surface area contributed by atoms with Crippen molar-refractivity contribution in [1.29, 1.82) is 0 Å². The van der Waals surface area contributed by atoms with Crippen molar-refractivity contribution in [3.8, 4) is 11.5 Å². The minimum atomic E-state index is -0.161. The Hall–Kier alpha value is -3.00. The summed E-state index contributed by atoms with van der Waals surface area (Å²) in [6.45, 7) is 0.283. The van der Waals surface area contributed by atoms with E-state index in [1.165, 1.54) is 11.8 Å². The maximum atomic E-state index is 12.1. The zero-order chi connectivity index (χ0) is 18.2. The Morgan fingerprint density at radius 1 is 1.15 bits per heavy atom. The fourth-order valence-electron chi connectivity index (χ4n) is 2.14. The number of H-pyrrole nitrogens is 1. The lowest BCUT2D eigenvalue weighted by Gasteiger charge is -2.08. The molecule has 0 aliphatic heterocycles. The normalized spacial score (nSPS) is 10.3. The lowest BCUT2D eigenvalue weighted by Crippen LogP contribution is -2.14. The summed E-state index contributed by atoms with van der Waals surface area (Å²) in [5.41, 5.74) is 0.632. The van der Waals surface area contributed by atoms with Gasteiger partial charge in [0.25, 0.3) is 0 Å². The van der Waals surface area contributed by atoms with E-state index in [0.29, 0.717) is 22.4 Å². The Bertz CT molecular complexity index is 854. The number of nitrogens with zero attached hydrogens (tertiary/aromatic N) is 2. The molecule has 0 saturated carbocycles. The Balaban J connectivity index is 1.47. The zero-order valence-electron chi connectivity index (χ0n) is 14.1. The number of carbonyl (C=O) groups is 1. The monoisotopic (exact) mass is 370 g/mol. The molecule has 0 spiro atoms. The van der Waals surface area contributed by atoms with Crippen LogP contribution >= 0.6 is 11.8 Å². The van der Waals surface area contributed by atoms with Crippen LogP contribution in [-0.2, 0) is 11.4 Å². The third-order valence-electron chi connectivity index (χ3n) is 3.34. The summed E-state index contributed by atoms with van der Waals surface area (Å²) >= 11 is 1.24. The number of ether oxygens (including phenoxy) is 2. The summed E-state index contributed by atoms with van der Waals surface area (Å²) in [7, 11) is 1.56. The molecule has 3 rings (SSSR count). The summed E-state index contributed by atoms with van der Waals surface area (Å²) in [5.74, 6) is 2.00. The predicted molar refractivity (Wildman–Crippen MR) is 99.5 cm³/mol. The number of benzene rings is 2. The van der Waals surface area contributed by atoms with Gasteiger partial charge in [0.2, 0.25) is 11.1 Å². The van der Waals surface area contributed by atoms with Crippen LogP contribution in [0, 0.1) is 0 Å². The number of methoxy groups -OCH3 is 1. The molecular weight excluding hydrogens is 352 g/mol. The van der Waals surface area contributed by atoms with Crippen molar-refractivity contribution in [3.63, 3.8) is 0 Å². The van der Waals surface area contributed by atoms with E-state index in [9.17, 15) is 4.79 Å². The van der Waals surface area contributed by atoms with Crippen LogP contribution in [0.1, 0.15) is 5.82 Å². The highest BCUT2D eigenvalue weighted by Crippen LogP contribution is 2.23. The third-order valence-corrected chi connectivity index (χ3v) is 4.19. The third kappa shape index (κ3) is 5.00. The fourth-order valence-corrected chi connectivity index (χ4v) is 2.76. The molecule has 26 heavy (non-hydrogen) atoms. The van der Waals surface area contributed by atoms with Crippen molar-refractivity contribution in [2.24, 2.45) is 0 Å². The molecule has 0 saturated heterocycles. The van der Waals surface area contributed by atoms with Crippen LogP contribution in [0.4, 0.5) is 5.69 Å². The summed E-state index contributed by atoms with van der Waals surface area (Å²) in [5, 5.41) is 10.2. The van der Waals surface area contributed by atoms with E-state index in [0.717, 1.165) is 5.75 Å². The van der Waals surface area contributed by atoms with Gasteiger partial charge in [-0.2, -0.15) is 0 Å². The van der Waals surface area contributed by atoms with Crippen molar-refractivity contribution >= 4 is 23.4 Å². The molecule has 1 heterocycles. The van der Waals surface area contributed by atoms with Gasteiger partial charge in [0.15, 0.2) is 5.82 Å². The summed E-state index contributed by atoms with van der Waals surface area (Å²) < 4.78 is 10.8. The molecule has 2 aromatic carbocycles. The van der Waals surface area contributed by atoms with Gasteiger partial charge in [0, 0.05) is 0 Å². The first-order chi connectivity index (χ1) is 12.7. The molecule has 0 bridgehead atoms. The minimum Gasteiger partial charge on any atom is -0.495 e. The standard InChI is InChI=1S/C18H18N4O3S/c1-24-15-10-6-5-9-14(15)19-17(23)12-26-18-20-16(21-22-18)11-25-13-7-3-2-4-8-13/h2-10H,11-12H2,1H3,(H,19,23)(H,20,21,22). The Labute approximate surface area is 155 Å². The van der Waals surface area contributed by atoms with E-state index in [-0.39, 0.29) is 18.3 Å². The van der Waals surface area contributed by atoms with Gasteiger partial charge in [-0.25, -0.2) is 4.98 Å². The minimum absolute atomic E-state index is 0.161. The van der Waals surface area contributed by atoms with Gasteiger partial charge in [-0.15, -0.1) is 5.10 Å². The number of nitrogens with one attached hydrogen (secondary N) is 2. The first kappa shape index (κ1) is 17.8. The Morgan fingerprint density at radius 3 is 2.73 bits per heavy atom. The van der Waals surface area contributed by atoms with Crippen LogP contribution in [0.5, 0.6) is 11.5 Å². The molecular formula is C18H18N4O3S. The number of aromatic nitrogens is 3. The van der Waals surface area contributed by atoms with Crippen molar-refractivity contribution < 1.29 is 14.3 Å². The van der Waals surface area contributed by atoms with Crippen LogP contribution in [0.2, 0.25) is 0 Å². The van der Waals surface area contributed by atoms with Crippen LogP contribution in [-0.4, -0.2) is 34.0 Å². The maximum absolute atomic E-state index is 12.1. The van der Waals surface area contributed by atoms with Gasteiger partial charge >= 0.3 is 0 Å². The molecule has 0 unspecified atom stereocenters. The van der Waals surface area contributed by atoms with E-state index < -0.39 is 0 Å². The lowest BCUT2D eigenvalue weighted by molar-refractivity contribution is -0.113. The number of thioether (sulfide) groups is 1. The maximum Gasteiger partial charge on any atom is 0.234 e. The van der Waals surface area contributed by atoms with Gasteiger partial charge < -0.3 is 14.8 Å². The Kier molecular flexibility index (Phi) is 6.10. The number of anilines is 1. The molecule has 0 fully saturated rings. The van der Waals surface area contributed by atoms with Gasteiger partial charge in [-0.3, -0.25) is 9.89 Å². The average molecular weight is 370 g/mol. The van der Waals surface area contributed by atoms with E-state index in [1.54, 1.807) is 19.2 Å². The SMILES string of the molecule is COc1ccccc1NC(=O)CSc1n[nH]c(COc2ccccc2)n1. The highest BCUT2D eigenvalue weighted by atomic mass is 32.2. The summed E-state index contributed by atoms with van der Waals surface area (Å²) in [6.07, 6.45) is 0. The van der Waals surface area contributed by atoms with E-state index in [4.69, 9.17) is 9.47 Å². The lowest BCUT2D eigenvalue weighted by atomic mass is 10.3. The van der Waals surface area contributed by atoms with Crippen molar-refractivity contribution in [2.45, 2.75) is 11.8 Å². The second kappa shape index (κ2) is 8.91. The molecule has 0 aliphatic rings. The summed E-state index contributed by atoms with van der Waals surface area (Å²) in [6, 6.07) is 16.7. The van der Waals surface area contributed by atoms with Crippen molar-refractivity contribution in [1.82, 2.24) is 15.2 Å². The van der Waals surface area contributed by atoms with Crippen LogP contribution < -0.4 is 14.8 Å². The largest absolute Gasteiger partial charge is 0.495 e. The molecule has 2 N–H and O–H groups in total. The van der Waals surface area contributed by atoms with Crippen LogP contribution in [0.3, 0.4) is 0 Å². The van der Waals surface area contributed by atoms with Gasteiger partial charge in [-0.1, -0.05) is 42.1 Å². The molecule has 1 aromatic heterocycles. The smallest absolute Gasteiger partial charge is 0.234 e. The topological polar surface area (TPSA) is 89.1 Å². The van der Waals surface area contributed by atoms with E-state index >= 15 is 0 Å². The first-order valence-electron chi connectivity index (χ1n) is 7.89. The number of amides is 1. The quantitative estimate of drug-likeness (QED) is 0.592. The molecule has 0 aliphatic carbocycles. The number of aromatic amines is 1. The van der Waals surface area contributed by atoms with Gasteiger partial charge in [0.05, 0.1) is 18.6 Å². The summed E-state index contributed by atoms with van der Waals surface area (Å²) in [4.78, 5) is 16.4. The molecule has 0 atom stereocenters. The molecule has 1 amide bonds. The number of hydrogen-bond donors (Lipinski definition) is 2. The number of para-hydroxylation sites is 3. The number of carbonyl (C=O) groups excluding carboxylic acids is 1. The van der Waals surface area contributed by atoms with E-state index in [2.05, 4.69) is 20.5 Å². The van der Waals surface area contributed by atoms with Crippen molar-refractivity contribution in [2.75, 3.05) is 18.2 Å². The second-order valence-electron chi connectivity index (χ2n) is 5.20. The van der Waals surface area contributed by atoms with Crippen molar-refractivity contribution in [3.05, 3.63) is 60.4 Å². The first-order valence-corrected chi connectivity index (χ1v) is 8.88. The zero-order valence-corrected chi connectivity index (χ0v) is 15.0. The van der Waals surface area contributed by atoms with Gasteiger partial charge in [0.1, 0.15) is 18.1 Å². The number of hydrogen-bond acceptors (Lipinski definition) is 6. The molecule has 3 aromatic rings. The molecule has 0 radical (unpaired) electrons. The Morgan fingerprint density at radius 2 is 1.92 bits per heavy atom. The number of rotatable bonds is 8. The molecule has 134 valence electrons. The van der Waals surface area contributed by atoms with Gasteiger partial charge in [-0.05, 0) is 24.3 Å². The van der Waals surface area contributed by atoms with Crippen LogP contribution in [0.25, 0.3) is 0 Å². The highest BCUT2D eigenvalue weighted by Gasteiger charge is 2.10. The molecule has 7 nitrogen and oxygen atoms in total. The van der Waals surface area contributed by atoms with Crippen LogP contribution in [0.15, 0.2) is 59.8 Å².